The molecule has 0 bridgehead atoms. The Balaban J connectivity index is 0. The number of carbonyl (C=O) groups is 1. The van der Waals surface area contributed by atoms with E-state index in [1.165, 1.54) is 27.6 Å². The molecular formula is C8H18N2OS3. The molecule has 3 nitrogen and oxygen atoms in total. The molecule has 0 unspecified atom stereocenters. The van der Waals surface area contributed by atoms with Crippen molar-refractivity contribution in [2.75, 3.05) is 25.6 Å². The van der Waals surface area contributed by atoms with Gasteiger partial charge in [-0.1, -0.05) is 12.2 Å². The van der Waals surface area contributed by atoms with Crippen LogP contribution < -0.4 is 0 Å². The highest BCUT2D eigenvalue weighted by Crippen LogP contribution is 2.11. The Kier molecular flexibility index (Phi) is 15.4. The maximum atomic E-state index is 9.85. The molecule has 0 rings (SSSR count). The summed E-state index contributed by atoms with van der Waals surface area (Å²) in [5, 5.41) is 0. The van der Waals surface area contributed by atoms with Crippen molar-refractivity contribution in [3.05, 3.63) is 0 Å². The fraction of sp³-hybridized carbons (Fsp3) is 0.750. The van der Waals surface area contributed by atoms with Gasteiger partial charge in [0, 0.05) is 25.6 Å². The normalized spacial score (nSPS) is 8.29. The molecule has 14 heavy (non-hydrogen) atoms. The number of thiocarbonyl (C=S) groups is 1. The van der Waals surface area contributed by atoms with Crippen LogP contribution in [0.3, 0.4) is 0 Å². The van der Waals surface area contributed by atoms with E-state index in [2.05, 4.69) is 31.0 Å². The van der Waals surface area contributed by atoms with Crippen LogP contribution in [0.15, 0.2) is 0 Å². The number of hydrogen-bond donors (Lipinski definition) is 0. The Morgan fingerprint density at radius 1 is 1.21 bits per heavy atom. The van der Waals surface area contributed by atoms with Gasteiger partial charge in [0.2, 0.25) is 6.41 Å². The molecule has 0 spiro atoms. The molecule has 0 aromatic rings. The summed E-state index contributed by atoms with van der Waals surface area (Å²) in [5.74, 6) is 0. The van der Waals surface area contributed by atoms with Crippen LogP contribution in [0.1, 0.15) is 13.8 Å². The zero-order chi connectivity index (χ0) is 11.4. The summed E-state index contributed by atoms with van der Waals surface area (Å²) >= 11 is 7.47. The third kappa shape index (κ3) is 10.1. The molecule has 1 amide bonds. The maximum Gasteiger partial charge on any atom is 0.229 e. The SMILES string of the molecule is CCN(C=S)CC.CSN(C=O)SC. The third-order valence-electron chi connectivity index (χ3n) is 1.41. The van der Waals surface area contributed by atoms with Crippen LogP contribution >= 0.6 is 36.1 Å². The fourth-order valence-electron chi connectivity index (χ4n) is 0.533. The quantitative estimate of drug-likeness (QED) is 0.411. The highest BCUT2D eigenvalue weighted by atomic mass is 32.2. The highest BCUT2D eigenvalue weighted by molar-refractivity contribution is 8.12. The lowest BCUT2D eigenvalue weighted by Crippen LogP contribution is -2.18. The molecule has 0 N–H and O–H groups in total. The minimum Gasteiger partial charge on any atom is -0.369 e. The summed E-state index contributed by atoms with van der Waals surface area (Å²) in [6, 6.07) is 0. The monoisotopic (exact) mass is 254 g/mol. The first-order valence-electron chi connectivity index (χ1n) is 4.22. The third-order valence-corrected chi connectivity index (χ3v) is 3.49. The summed E-state index contributed by atoms with van der Waals surface area (Å²) < 4.78 is 1.53. The van der Waals surface area contributed by atoms with Gasteiger partial charge < -0.3 is 4.90 Å². The van der Waals surface area contributed by atoms with Crippen molar-refractivity contribution in [2.24, 2.45) is 0 Å². The molecule has 0 atom stereocenters. The van der Waals surface area contributed by atoms with E-state index in [0.717, 1.165) is 19.5 Å². The molecule has 0 aromatic carbocycles. The Bertz CT molecular complexity index is 123. The molecule has 0 saturated carbocycles. The number of nitrogens with zero attached hydrogens (tertiary/aromatic N) is 2. The molecule has 0 fully saturated rings. The average Bonchev–Trinajstić information content (AvgIpc) is 2.24. The lowest BCUT2D eigenvalue weighted by Gasteiger charge is -2.11. The van der Waals surface area contributed by atoms with Crippen molar-refractivity contribution < 1.29 is 4.79 Å². The molecular weight excluding hydrogens is 236 g/mol. The van der Waals surface area contributed by atoms with Crippen molar-refractivity contribution in [1.29, 1.82) is 0 Å². The molecule has 0 aliphatic carbocycles. The van der Waals surface area contributed by atoms with E-state index in [-0.39, 0.29) is 0 Å². The van der Waals surface area contributed by atoms with E-state index in [9.17, 15) is 4.79 Å². The van der Waals surface area contributed by atoms with Gasteiger partial charge in [-0.25, -0.2) is 3.71 Å². The second-order valence-corrected chi connectivity index (χ2v) is 4.04. The number of carbonyl (C=O) groups excluding carboxylic acids is 1. The van der Waals surface area contributed by atoms with E-state index in [0.29, 0.717) is 0 Å². The van der Waals surface area contributed by atoms with Gasteiger partial charge in [-0.3, -0.25) is 4.79 Å². The van der Waals surface area contributed by atoms with Gasteiger partial charge in [0.15, 0.2) is 0 Å². The van der Waals surface area contributed by atoms with E-state index >= 15 is 0 Å². The summed E-state index contributed by atoms with van der Waals surface area (Å²) in [5.41, 5.74) is 1.69. The predicted octanol–water partition coefficient (Wildman–Crippen LogP) is 2.29. The Labute approximate surface area is 101 Å². The first-order chi connectivity index (χ1) is 6.69. The second-order valence-electron chi connectivity index (χ2n) is 2.08. The average molecular weight is 254 g/mol. The van der Waals surface area contributed by atoms with Crippen LogP contribution in [-0.2, 0) is 4.79 Å². The second kappa shape index (κ2) is 13.1. The Morgan fingerprint density at radius 2 is 1.64 bits per heavy atom. The molecule has 0 aliphatic rings. The summed E-state index contributed by atoms with van der Waals surface area (Å²) in [6.45, 7) is 6.23. The number of amides is 1. The van der Waals surface area contributed by atoms with Crippen molar-refractivity contribution >= 4 is 48.0 Å². The van der Waals surface area contributed by atoms with Crippen LogP contribution in [0.2, 0.25) is 0 Å². The van der Waals surface area contributed by atoms with E-state index in [4.69, 9.17) is 0 Å². The van der Waals surface area contributed by atoms with Crippen LogP contribution in [-0.4, -0.2) is 46.1 Å². The van der Waals surface area contributed by atoms with Gasteiger partial charge in [-0.05, 0) is 37.7 Å². The fourth-order valence-corrected chi connectivity index (χ4v) is 1.60. The van der Waals surface area contributed by atoms with Crippen molar-refractivity contribution in [1.82, 2.24) is 8.61 Å². The molecule has 0 saturated heterocycles. The summed E-state index contributed by atoms with van der Waals surface area (Å²) in [4.78, 5) is 11.9. The predicted molar refractivity (Wildman–Crippen MR) is 71.5 cm³/mol. The van der Waals surface area contributed by atoms with Gasteiger partial charge in [-0.2, -0.15) is 0 Å². The largest absolute Gasteiger partial charge is 0.369 e. The molecule has 6 heteroatoms. The van der Waals surface area contributed by atoms with E-state index in [1.807, 2.05) is 12.5 Å². The first-order valence-corrected chi connectivity index (χ1v) is 7.05. The van der Waals surface area contributed by atoms with Gasteiger partial charge in [0.05, 0.1) is 5.49 Å². The molecule has 0 heterocycles. The van der Waals surface area contributed by atoms with E-state index < -0.39 is 0 Å². The first kappa shape index (κ1) is 16.5. The van der Waals surface area contributed by atoms with E-state index in [1.54, 1.807) is 5.49 Å². The number of rotatable bonds is 6. The van der Waals surface area contributed by atoms with Crippen LogP contribution in [0, 0.1) is 0 Å². The zero-order valence-electron chi connectivity index (χ0n) is 9.10. The Morgan fingerprint density at radius 3 is 1.64 bits per heavy atom. The number of hydrogen-bond acceptors (Lipinski definition) is 4. The minimum atomic E-state index is 0.787. The lowest BCUT2D eigenvalue weighted by molar-refractivity contribution is -0.110. The standard InChI is InChI=1S/C5H11NS.C3H7NOS2/c1-3-6(4-2)5-7;1-6-4(3-5)7-2/h5H,3-4H2,1-2H3;3H,1-2H3. The van der Waals surface area contributed by atoms with Crippen LogP contribution in [0.4, 0.5) is 0 Å². The molecule has 84 valence electrons. The molecule has 0 aliphatic heterocycles. The highest BCUT2D eigenvalue weighted by Gasteiger charge is 1.90. The zero-order valence-corrected chi connectivity index (χ0v) is 11.5. The topological polar surface area (TPSA) is 23.6 Å². The van der Waals surface area contributed by atoms with Gasteiger partial charge in [0.25, 0.3) is 0 Å². The van der Waals surface area contributed by atoms with Crippen LogP contribution in [0.5, 0.6) is 0 Å². The minimum absolute atomic E-state index is 0.787. The van der Waals surface area contributed by atoms with Crippen LogP contribution in [0.25, 0.3) is 0 Å². The van der Waals surface area contributed by atoms with Crippen molar-refractivity contribution in [2.45, 2.75) is 13.8 Å². The molecule has 0 radical (unpaired) electrons. The summed E-state index contributed by atoms with van der Waals surface area (Å²) in [7, 11) is 0. The Hall–Kier alpha value is 0.0600. The smallest absolute Gasteiger partial charge is 0.229 e. The summed E-state index contributed by atoms with van der Waals surface area (Å²) in [6.07, 6.45) is 4.49. The lowest BCUT2D eigenvalue weighted by atomic mass is 10.6. The maximum absolute atomic E-state index is 9.85. The molecule has 0 aromatic heterocycles. The van der Waals surface area contributed by atoms with Gasteiger partial charge in [0.1, 0.15) is 0 Å². The van der Waals surface area contributed by atoms with Gasteiger partial charge in [-0.15, -0.1) is 0 Å². The van der Waals surface area contributed by atoms with Crippen molar-refractivity contribution in [3.63, 3.8) is 0 Å². The van der Waals surface area contributed by atoms with Crippen molar-refractivity contribution in [3.8, 4) is 0 Å². The van der Waals surface area contributed by atoms with Gasteiger partial charge >= 0.3 is 0 Å².